The minimum Gasteiger partial charge on any atom is -0.465 e. The first-order chi connectivity index (χ1) is 6.86. The van der Waals surface area contributed by atoms with E-state index in [2.05, 4.69) is 9.72 Å². The number of methoxy groups -OCH3 is 1. The van der Waals surface area contributed by atoms with Crippen molar-refractivity contribution in [3.05, 3.63) is 29.1 Å². The molecule has 6 heteroatoms. The molecule has 0 aliphatic carbocycles. The van der Waals surface area contributed by atoms with Gasteiger partial charge < -0.3 is 4.74 Å². The van der Waals surface area contributed by atoms with Crippen LogP contribution in [0, 0.1) is 6.92 Å². The zero-order valence-electron chi connectivity index (χ0n) is 8.05. The summed E-state index contributed by atoms with van der Waals surface area (Å²) >= 11 is 16.9. The highest BCUT2D eigenvalue weighted by Crippen LogP contribution is 2.37. The third-order valence-electron chi connectivity index (χ3n) is 1.78. The fourth-order valence-electron chi connectivity index (χ4n) is 1.04. The molecule has 0 saturated heterocycles. The maximum absolute atomic E-state index is 11.2. The van der Waals surface area contributed by atoms with Crippen LogP contribution in [-0.4, -0.2) is 18.1 Å². The lowest BCUT2D eigenvalue weighted by molar-refractivity contribution is 0.0599. The zero-order chi connectivity index (χ0) is 11.6. The lowest BCUT2D eigenvalue weighted by Crippen LogP contribution is -2.10. The van der Waals surface area contributed by atoms with Crippen LogP contribution in [0.25, 0.3) is 0 Å². The van der Waals surface area contributed by atoms with Crippen LogP contribution >= 0.6 is 34.8 Å². The maximum atomic E-state index is 11.2. The Bertz CT molecular complexity index is 387. The van der Waals surface area contributed by atoms with Gasteiger partial charge in [0.05, 0.1) is 24.1 Å². The second-order valence-electron chi connectivity index (χ2n) is 2.82. The fraction of sp³-hybridized carbons (Fsp3) is 0.333. The van der Waals surface area contributed by atoms with Gasteiger partial charge in [-0.25, -0.2) is 4.79 Å². The van der Waals surface area contributed by atoms with Crippen molar-refractivity contribution in [1.29, 1.82) is 0 Å². The number of carbonyl (C=O) groups is 1. The first kappa shape index (κ1) is 12.6. The monoisotopic (exact) mass is 267 g/mol. The minimum absolute atomic E-state index is 0.276. The Labute approximate surface area is 102 Å². The van der Waals surface area contributed by atoms with E-state index in [1.165, 1.54) is 19.2 Å². The van der Waals surface area contributed by atoms with Crippen LogP contribution in [0.3, 0.4) is 0 Å². The van der Waals surface area contributed by atoms with E-state index in [4.69, 9.17) is 34.8 Å². The zero-order valence-corrected chi connectivity index (χ0v) is 10.3. The molecule has 0 unspecified atom stereocenters. The van der Waals surface area contributed by atoms with Crippen molar-refractivity contribution in [3.63, 3.8) is 0 Å². The number of hydrogen-bond acceptors (Lipinski definition) is 3. The molecule has 0 bridgehead atoms. The van der Waals surface area contributed by atoms with Crippen molar-refractivity contribution in [1.82, 2.24) is 4.98 Å². The van der Waals surface area contributed by atoms with Gasteiger partial charge in [-0.15, -0.1) is 0 Å². The summed E-state index contributed by atoms with van der Waals surface area (Å²) in [6.07, 6.45) is 0. The molecule has 15 heavy (non-hydrogen) atoms. The summed E-state index contributed by atoms with van der Waals surface area (Å²) in [7, 11) is 1.30. The summed E-state index contributed by atoms with van der Waals surface area (Å²) in [5, 5.41) is 0. The second-order valence-corrected chi connectivity index (χ2v) is 5.10. The molecule has 1 rings (SSSR count). The first-order valence-electron chi connectivity index (χ1n) is 3.99. The van der Waals surface area contributed by atoms with E-state index < -0.39 is 9.76 Å². The topological polar surface area (TPSA) is 39.2 Å². The highest BCUT2D eigenvalue weighted by molar-refractivity contribution is 6.66. The Morgan fingerprint density at radius 3 is 2.40 bits per heavy atom. The van der Waals surface area contributed by atoms with Gasteiger partial charge in [0, 0.05) is 0 Å². The number of aryl methyl sites for hydroxylation is 1. The van der Waals surface area contributed by atoms with Crippen molar-refractivity contribution in [3.8, 4) is 0 Å². The Hall–Kier alpha value is -0.510. The summed E-state index contributed by atoms with van der Waals surface area (Å²) in [4.78, 5) is 15.3. The van der Waals surface area contributed by atoms with Crippen molar-refractivity contribution >= 4 is 40.8 Å². The number of ether oxygens (including phenoxy) is 1. The molecule has 1 aromatic heterocycles. The number of alkyl halides is 3. The minimum atomic E-state index is -1.58. The second kappa shape index (κ2) is 4.56. The van der Waals surface area contributed by atoms with E-state index >= 15 is 0 Å². The van der Waals surface area contributed by atoms with Crippen LogP contribution in [0.15, 0.2) is 12.1 Å². The van der Waals surface area contributed by atoms with Crippen LogP contribution in [0.1, 0.15) is 21.7 Å². The van der Waals surface area contributed by atoms with Crippen molar-refractivity contribution < 1.29 is 9.53 Å². The van der Waals surface area contributed by atoms with E-state index in [1.807, 2.05) is 0 Å². The molecule has 3 nitrogen and oxygen atoms in total. The highest BCUT2D eigenvalue weighted by atomic mass is 35.6. The SMILES string of the molecule is COC(=O)c1ccc(C(Cl)(Cl)Cl)nc1C. The van der Waals surface area contributed by atoms with E-state index in [-0.39, 0.29) is 5.69 Å². The van der Waals surface area contributed by atoms with Gasteiger partial charge in [0.15, 0.2) is 0 Å². The van der Waals surface area contributed by atoms with Gasteiger partial charge in [0.1, 0.15) is 0 Å². The summed E-state index contributed by atoms with van der Waals surface area (Å²) in [5.41, 5.74) is 1.10. The maximum Gasteiger partial charge on any atom is 0.339 e. The number of hydrogen-bond donors (Lipinski definition) is 0. The smallest absolute Gasteiger partial charge is 0.339 e. The van der Waals surface area contributed by atoms with Crippen molar-refractivity contribution in [2.24, 2.45) is 0 Å². The standard InChI is InChI=1S/C9H8Cl3NO2/c1-5-6(8(14)15-2)3-4-7(13-5)9(10,11)12/h3-4H,1-2H3. The number of esters is 1. The molecule has 0 saturated carbocycles. The molecular formula is C9H8Cl3NO2. The summed E-state index contributed by atoms with van der Waals surface area (Å²) in [6, 6.07) is 3.00. The normalized spacial score (nSPS) is 11.3. The number of nitrogens with zero attached hydrogens (tertiary/aromatic N) is 1. The van der Waals surface area contributed by atoms with Gasteiger partial charge >= 0.3 is 5.97 Å². The fourth-order valence-corrected chi connectivity index (χ4v) is 1.36. The number of carbonyl (C=O) groups excluding carboxylic acids is 1. The van der Waals surface area contributed by atoms with Gasteiger partial charge in [0.25, 0.3) is 0 Å². The summed E-state index contributed by atoms with van der Waals surface area (Å²) in [5.74, 6) is -0.462. The molecular weight excluding hydrogens is 260 g/mol. The molecule has 82 valence electrons. The summed E-state index contributed by atoms with van der Waals surface area (Å²) in [6.45, 7) is 1.64. The van der Waals surface area contributed by atoms with Gasteiger partial charge in [0.2, 0.25) is 3.79 Å². The molecule has 0 aliphatic rings. The molecule has 0 amide bonds. The largest absolute Gasteiger partial charge is 0.465 e. The Morgan fingerprint density at radius 1 is 1.40 bits per heavy atom. The van der Waals surface area contributed by atoms with E-state index in [9.17, 15) is 4.79 Å². The highest BCUT2D eigenvalue weighted by Gasteiger charge is 2.25. The Kier molecular flexibility index (Phi) is 3.82. The quantitative estimate of drug-likeness (QED) is 0.580. The third kappa shape index (κ3) is 2.97. The van der Waals surface area contributed by atoms with Crippen LogP contribution in [-0.2, 0) is 8.53 Å². The van der Waals surface area contributed by atoms with E-state index in [0.29, 0.717) is 11.3 Å². The lowest BCUT2D eigenvalue weighted by Gasteiger charge is -2.11. The Morgan fingerprint density at radius 2 is 2.00 bits per heavy atom. The molecule has 0 aliphatic heterocycles. The predicted octanol–water partition coefficient (Wildman–Crippen LogP) is 3.00. The predicted molar refractivity (Wildman–Crippen MR) is 59.6 cm³/mol. The molecule has 0 spiro atoms. The van der Waals surface area contributed by atoms with Crippen molar-refractivity contribution in [2.75, 3.05) is 7.11 Å². The number of rotatable bonds is 1. The van der Waals surface area contributed by atoms with Crippen molar-refractivity contribution in [2.45, 2.75) is 10.7 Å². The molecule has 0 aromatic carbocycles. The molecule has 0 N–H and O–H groups in total. The van der Waals surface area contributed by atoms with E-state index in [1.54, 1.807) is 6.92 Å². The molecule has 1 heterocycles. The molecule has 0 atom stereocenters. The third-order valence-corrected chi connectivity index (χ3v) is 2.36. The number of pyridine rings is 1. The van der Waals surface area contributed by atoms with Gasteiger partial charge in [-0.3, -0.25) is 4.98 Å². The number of aromatic nitrogens is 1. The average Bonchev–Trinajstić information content (AvgIpc) is 2.15. The average molecular weight is 269 g/mol. The molecule has 0 fully saturated rings. The van der Waals surface area contributed by atoms with Crippen LogP contribution in [0.5, 0.6) is 0 Å². The Balaban J connectivity index is 3.15. The van der Waals surface area contributed by atoms with Gasteiger partial charge in [-0.1, -0.05) is 34.8 Å². The molecule has 0 radical (unpaired) electrons. The summed E-state index contributed by atoms with van der Waals surface area (Å²) < 4.78 is 2.98. The van der Waals surface area contributed by atoms with Gasteiger partial charge in [-0.05, 0) is 19.1 Å². The van der Waals surface area contributed by atoms with Crippen LogP contribution in [0.2, 0.25) is 0 Å². The molecule has 1 aromatic rings. The van der Waals surface area contributed by atoms with Gasteiger partial charge in [-0.2, -0.15) is 0 Å². The van der Waals surface area contributed by atoms with Crippen LogP contribution < -0.4 is 0 Å². The van der Waals surface area contributed by atoms with Crippen LogP contribution in [0.4, 0.5) is 0 Å². The number of halogens is 3. The first-order valence-corrected chi connectivity index (χ1v) is 5.13. The lowest BCUT2D eigenvalue weighted by atomic mass is 10.2. The van der Waals surface area contributed by atoms with E-state index in [0.717, 1.165) is 0 Å².